The summed E-state index contributed by atoms with van der Waals surface area (Å²) in [5.74, 6) is 1.25. The Balaban J connectivity index is 1.46. The fourth-order valence-corrected chi connectivity index (χ4v) is 2.80. The average molecular weight is 344 g/mol. The molecule has 8 heteroatoms. The standard InChI is InChI=1S/C17H24N6O2/c1-13(2)19-15(24)11-22-6-8-23(9-7-22)12-16-20-17(21-25-16)14-4-3-5-18-10-14/h3-5,10,13H,6-9,11-12H2,1-2H3,(H,19,24). The Morgan fingerprint density at radius 1 is 1.28 bits per heavy atom. The van der Waals surface area contributed by atoms with E-state index in [1.165, 1.54) is 0 Å². The Hall–Kier alpha value is -2.32. The third-order valence-electron chi connectivity index (χ3n) is 4.03. The van der Waals surface area contributed by atoms with Gasteiger partial charge in [0.2, 0.25) is 17.6 Å². The second-order valence-corrected chi connectivity index (χ2v) is 6.53. The van der Waals surface area contributed by atoms with Crippen LogP contribution in [0.25, 0.3) is 11.4 Å². The molecular formula is C17H24N6O2. The first-order valence-corrected chi connectivity index (χ1v) is 8.57. The van der Waals surface area contributed by atoms with E-state index in [0.29, 0.717) is 24.8 Å². The maximum Gasteiger partial charge on any atom is 0.241 e. The van der Waals surface area contributed by atoms with Crippen molar-refractivity contribution in [3.63, 3.8) is 0 Å². The molecule has 1 N–H and O–H groups in total. The molecule has 1 amide bonds. The summed E-state index contributed by atoms with van der Waals surface area (Å²) in [5, 5.41) is 6.94. The molecule has 0 aromatic carbocycles. The highest BCUT2D eigenvalue weighted by Crippen LogP contribution is 2.15. The topological polar surface area (TPSA) is 87.4 Å². The fraction of sp³-hybridized carbons (Fsp3) is 0.529. The van der Waals surface area contributed by atoms with Gasteiger partial charge >= 0.3 is 0 Å². The number of aromatic nitrogens is 3. The fourth-order valence-electron chi connectivity index (χ4n) is 2.80. The van der Waals surface area contributed by atoms with E-state index in [2.05, 4.69) is 30.2 Å². The van der Waals surface area contributed by atoms with E-state index >= 15 is 0 Å². The Labute approximate surface area is 147 Å². The minimum absolute atomic E-state index is 0.0847. The molecule has 1 aliphatic heterocycles. The summed E-state index contributed by atoms with van der Waals surface area (Å²) >= 11 is 0. The summed E-state index contributed by atoms with van der Waals surface area (Å²) in [7, 11) is 0. The number of nitrogens with zero attached hydrogens (tertiary/aromatic N) is 5. The van der Waals surface area contributed by atoms with Crippen molar-refractivity contribution < 1.29 is 9.32 Å². The summed E-state index contributed by atoms with van der Waals surface area (Å²) < 4.78 is 5.35. The summed E-state index contributed by atoms with van der Waals surface area (Å²) in [6.45, 7) is 8.49. The molecule has 2 aromatic rings. The van der Waals surface area contributed by atoms with Crippen molar-refractivity contribution in [1.82, 2.24) is 30.2 Å². The first-order chi connectivity index (χ1) is 12.1. The first kappa shape index (κ1) is 17.5. The predicted molar refractivity (Wildman–Crippen MR) is 92.5 cm³/mol. The normalized spacial score (nSPS) is 16.3. The monoisotopic (exact) mass is 344 g/mol. The van der Waals surface area contributed by atoms with Crippen LogP contribution in [0.15, 0.2) is 29.0 Å². The molecule has 1 aliphatic rings. The van der Waals surface area contributed by atoms with Crippen LogP contribution in [0.4, 0.5) is 0 Å². The lowest BCUT2D eigenvalue weighted by Gasteiger charge is -2.33. The van der Waals surface area contributed by atoms with Gasteiger partial charge in [-0.2, -0.15) is 4.98 Å². The van der Waals surface area contributed by atoms with Gasteiger partial charge in [0.1, 0.15) is 0 Å². The molecule has 3 heterocycles. The molecule has 0 aliphatic carbocycles. The van der Waals surface area contributed by atoms with Crippen molar-refractivity contribution >= 4 is 5.91 Å². The smallest absolute Gasteiger partial charge is 0.241 e. The van der Waals surface area contributed by atoms with Gasteiger partial charge in [0.25, 0.3) is 0 Å². The van der Waals surface area contributed by atoms with E-state index in [1.807, 2.05) is 26.0 Å². The van der Waals surface area contributed by atoms with Crippen LogP contribution in [-0.4, -0.2) is 69.6 Å². The third kappa shape index (κ3) is 5.07. The number of carbonyl (C=O) groups excluding carboxylic acids is 1. The highest BCUT2D eigenvalue weighted by atomic mass is 16.5. The van der Waals surface area contributed by atoms with Crippen molar-refractivity contribution in [1.29, 1.82) is 0 Å². The van der Waals surface area contributed by atoms with Crippen molar-refractivity contribution in [2.24, 2.45) is 0 Å². The van der Waals surface area contributed by atoms with Crippen molar-refractivity contribution in [2.45, 2.75) is 26.4 Å². The van der Waals surface area contributed by atoms with Gasteiger partial charge in [-0.05, 0) is 26.0 Å². The maximum atomic E-state index is 11.8. The zero-order valence-corrected chi connectivity index (χ0v) is 14.7. The van der Waals surface area contributed by atoms with Gasteiger partial charge in [0.15, 0.2) is 0 Å². The summed E-state index contributed by atoms with van der Waals surface area (Å²) in [5.41, 5.74) is 0.846. The van der Waals surface area contributed by atoms with Crippen LogP contribution in [0.3, 0.4) is 0 Å². The molecular weight excluding hydrogens is 320 g/mol. The summed E-state index contributed by atoms with van der Waals surface area (Å²) in [6, 6.07) is 3.93. The lowest BCUT2D eigenvalue weighted by atomic mass is 10.3. The van der Waals surface area contributed by atoms with Gasteiger partial charge in [-0.1, -0.05) is 5.16 Å². The van der Waals surface area contributed by atoms with E-state index < -0.39 is 0 Å². The minimum Gasteiger partial charge on any atom is -0.353 e. The minimum atomic E-state index is 0.0847. The third-order valence-corrected chi connectivity index (χ3v) is 4.03. The van der Waals surface area contributed by atoms with E-state index in [4.69, 9.17) is 4.52 Å². The van der Waals surface area contributed by atoms with Crippen LogP contribution in [-0.2, 0) is 11.3 Å². The molecule has 0 atom stereocenters. The van der Waals surface area contributed by atoms with Gasteiger partial charge in [-0.15, -0.1) is 0 Å². The van der Waals surface area contributed by atoms with Crippen LogP contribution < -0.4 is 5.32 Å². The number of piperazine rings is 1. The first-order valence-electron chi connectivity index (χ1n) is 8.57. The second kappa shape index (κ2) is 8.17. The van der Waals surface area contributed by atoms with E-state index in [1.54, 1.807) is 12.4 Å². The highest BCUT2D eigenvalue weighted by Gasteiger charge is 2.21. The number of hydrogen-bond acceptors (Lipinski definition) is 7. The zero-order valence-electron chi connectivity index (χ0n) is 14.7. The Kier molecular flexibility index (Phi) is 5.72. The number of pyridine rings is 1. The van der Waals surface area contributed by atoms with Crippen LogP contribution in [0.2, 0.25) is 0 Å². The molecule has 25 heavy (non-hydrogen) atoms. The number of hydrogen-bond donors (Lipinski definition) is 1. The van der Waals surface area contributed by atoms with Crippen LogP contribution in [0, 0.1) is 0 Å². The zero-order chi connectivity index (χ0) is 17.6. The number of rotatable bonds is 6. The molecule has 0 spiro atoms. The number of carbonyl (C=O) groups is 1. The van der Waals surface area contributed by atoms with E-state index in [9.17, 15) is 4.79 Å². The maximum absolute atomic E-state index is 11.8. The molecule has 0 bridgehead atoms. The van der Waals surface area contributed by atoms with E-state index in [-0.39, 0.29) is 11.9 Å². The summed E-state index contributed by atoms with van der Waals surface area (Å²) in [4.78, 5) is 24.8. The lowest BCUT2D eigenvalue weighted by molar-refractivity contribution is -0.123. The quantitative estimate of drug-likeness (QED) is 0.828. The Bertz CT molecular complexity index is 679. The van der Waals surface area contributed by atoms with Gasteiger partial charge < -0.3 is 9.84 Å². The molecule has 3 rings (SSSR count). The van der Waals surface area contributed by atoms with Crippen LogP contribution in [0.5, 0.6) is 0 Å². The average Bonchev–Trinajstić information content (AvgIpc) is 3.05. The number of amides is 1. The lowest BCUT2D eigenvalue weighted by Crippen LogP contribution is -2.49. The molecule has 0 unspecified atom stereocenters. The molecule has 1 saturated heterocycles. The van der Waals surface area contributed by atoms with Gasteiger partial charge in [-0.25, -0.2) is 0 Å². The molecule has 8 nitrogen and oxygen atoms in total. The molecule has 2 aromatic heterocycles. The van der Waals surface area contributed by atoms with Crippen molar-refractivity contribution in [2.75, 3.05) is 32.7 Å². The van der Waals surface area contributed by atoms with Gasteiger partial charge in [-0.3, -0.25) is 19.6 Å². The SMILES string of the molecule is CC(C)NC(=O)CN1CCN(Cc2nc(-c3cccnc3)no2)CC1. The summed E-state index contributed by atoms with van der Waals surface area (Å²) in [6.07, 6.45) is 3.43. The predicted octanol–water partition coefficient (Wildman–Crippen LogP) is 0.774. The van der Waals surface area contributed by atoms with Crippen LogP contribution in [0.1, 0.15) is 19.7 Å². The Morgan fingerprint density at radius 3 is 2.72 bits per heavy atom. The van der Waals surface area contributed by atoms with Gasteiger partial charge in [0, 0.05) is 50.2 Å². The largest absolute Gasteiger partial charge is 0.353 e. The van der Waals surface area contributed by atoms with Gasteiger partial charge in [0.05, 0.1) is 13.1 Å². The molecule has 0 saturated carbocycles. The second-order valence-electron chi connectivity index (χ2n) is 6.53. The molecule has 1 fully saturated rings. The Morgan fingerprint density at radius 2 is 2.04 bits per heavy atom. The van der Waals surface area contributed by atoms with E-state index in [0.717, 1.165) is 31.7 Å². The number of nitrogens with one attached hydrogen (secondary N) is 1. The van der Waals surface area contributed by atoms with Crippen molar-refractivity contribution in [3.8, 4) is 11.4 Å². The highest BCUT2D eigenvalue weighted by molar-refractivity contribution is 5.78. The van der Waals surface area contributed by atoms with Crippen molar-refractivity contribution in [3.05, 3.63) is 30.4 Å². The van der Waals surface area contributed by atoms with Crippen LogP contribution >= 0.6 is 0 Å². The molecule has 134 valence electrons. The molecule has 0 radical (unpaired) electrons.